The molecule has 2 heteroatoms. The Balaban J connectivity index is 1.64. The van der Waals surface area contributed by atoms with Crippen LogP contribution < -0.4 is 4.90 Å². The Morgan fingerprint density at radius 1 is 0.769 bits per heavy atom. The number of aryl methyl sites for hydroxylation is 1. The lowest BCUT2D eigenvalue weighted by Gasteiger charge is -2.24. The number of fused-ring (bicyclic) bond motifs is 1. The number of amides is 1. The highest BCUT2D eigenvalue weighted by atomic mass is 16.2. The maximum Gasteiger partial charge on any atom is 0.237 e. The van der Waals surface area contributed by atoms with E-state index in [-0.39, 0.29) is 5.91 Å². The first-order chi connectivity index (χ1) is 12.7. The van der Waals surface area contributed by atoms with Gasteiger partial charge in [-0.15, -0.1) is 0 Å². The van der Waals surface area contributed by atoms with Gasteiger partial charge in [-0.2, -0.15) is 0 Å². The van der Waals surface area contributed by atoms with Gasteiger partial charge in [0.25, 0.3) is 0 Å². The summed E-state index contributed by atoms with van der Waals surface area (Å²) in [5, 5.41) is 0. The van der Waals surface area contributed by atoms with Crippen LogP contribution in [0.4, 0.5) is 5.69 Å². The van der Waals surface area contributed by atoms with Crippen molar-refractivity contribution in [1.29, 1.82) is 0 Å². The van der Waals surface area contributed by atoms with Crippen molar-refractivity contribution in [3.63, 3.8) is 0 Å². The molecule has 3 aromatic carbocycles. The molecule has 130 valence electrons. The Labute approximate surface area is 155 Å². The van der Waals surface area contributed by atoms with Crippen molar-refractivity contribution in [3.8, 4) is 0 Å². The highest BCUT2D eigenvalue weighted by Gasteiger charge is 2.46. The fourth-order valence-electron chi connectivity index (χ4n) is 3.90. The van der Waals surface area contributed by atoms with Gasteiger partial charge in [-0.05, 0) is 42.5 Å². The summed E-state index contributed by atoms with van der Waals surface area (Å²) in [6.07, 6.45) is 1.72. The molecule has 0 radical (unpaired) electrons. The minimum absolute atomic E-state index is 0.207. The van der Waals surface area contributed by atoms with Crippen LogP contribution in [0.3, 0.4) is 0 Å². The Hall–Kier alpha value is -2.87. The number of nitrogens with zero attached hydrogens (tertiary/aromatic N) is 1. The third kappa shape index (κ3) is 2.92. The first-order valence-electron chi connectivity index (χ1n) is 9.18. The third-order valence-electron chi connectivity index (χ3n) is 5.45. The number of hydrogen-bond donors (Lipinski definition) is 0. The van der Waals surface area contributed by atoms with Gasteiger partial charge in [-0.25, -0.2) is 0 Å². The highest BCUT2D eigenvalue weighted by molar-refractivity contribution is 6.07. The van der Waals surface area contributed by atoms with Crippen molar-refractivity contribution >= 4 is 11.6 Å². The maximum atomic E-state index is 13.4. The Morgan fingerprint density at radius 2 is 1.35 bits per heavy atom. The van der Waals surface area contributed by atoms with Gasteiger partial charge in [0.2, 0.25) is 5.91 Å². The second-order valence-corrected chi connectivity index (χ2v) is 7.21. The molecule has 0 saturated heterocycles. The molecule has 0 N–H and O–H groups in total. The van der Waals surface area contributed by atoms with Gasteiger partial charge in [-0.1, -0.05) is 78.9 Å². The number of carbonyl (C=O) groups excluding carboxylic acids is 1. The molecule has 0 spiro atoms. The monoisotopic (exact) mass is 341 g/mol. The SMILES string of the molecule is C[C@@]1(CCc2ccccc2)C(=O)N(Cc2ccccc2)c2ccccc21. The zero-order valence-corrected chi connectivity index (χ0v) is 15.1. The zero-order valence-electron chi connectivity index (χ0n) is 15.1. The molecule has 0 bridgehead atoms. The number of rotatable bonds is 5. The Kier molecular flexibility index (Phi) is 4.34. The van der Waals surface area contributed by atoms with Crippen molar-refractivity contribution in [2.45, 2.75) is 31.7 Å². The van der Waals surface area contributed by atoms with Crippen molar-refractivity contribution in [2.24, 2.45) is 0 Å². The van der Waals surface area contributed by atoms with E-state index < -0.39 is 5.41 Å². The van der Waals surface area contributed by atoms with Crippen molar-refractivity contribution in [3.05, 3.63) is 102 Å². The standard InChI is InChI=1S/C24H23NO/c1-24(17-16-19-10-4-2-5-11-19)21-14-8-9-15-22(21)25(23(24)26)18-20-12-6-3-7-13-20/h2-15H,16-18H2,1H3/t24-/m0/s1. The van der Waals surface area contributed by atoms with E-state index >= 15 is 0 Å². The average molecular weight is 341 g/mol. The molecule has 1 aliphatic heterocycles. The van der Waals surface area contributed by atoms with Gasteiger partial charge in [0.1, 0.15) is 0 Å². The molecule has 4 rings (SSSR count). The van der Waals surface area contributed by atoms with E-state index in [0.29, 0.717) is 6.54 Å². The molecular formula is C24H23NO. The second-order valence-electron chi connectivity index (χ2n) is 7.21. The van der Waals surface area contributed by atoms with Crippen LogP contribution in [-0.4, -0.2) is 5.91 Å². The number of hydrogen-bond acceptors (Lipinski definition) is 1. The van der Waals surface area contributed by atoms with E-state index in [1.54, 1.807) is 0 Å². The van der Waals surface area contributed by atoms with Crippen LogP contribution in [-0.2, 0) is 23.2 Å². The summed E-state index contributed by atoms with van der Waals surface area (Å²) in [6.45, 7) is 2.72. The van der Waals surface area contributed by atoms with Crippen molar-refractivity contribution in [1.82, 2.24) is 0 Å². The molecule has 1 heterocycles. The van der Waals surface area contributed by atoms with E-state index in [2.05, 4.69) is 55.5 Å². The summed E-state index contributed by atoms with van der Waals surface area (Å²) >= 11 is 0. The van der Waals surface area contributed by atoms with Gasteiger partial charge in [0, 0.05) is 5.69 Å². The normalized spacial score (nSPS) is 18.8. The predicted molar refractivity (Wildman–Crippen MR) is 106 cm³/mol. The van der Waals surface area contributed by atoms with E-state index in [0.717, 1.165) is 29.7 Å². The summed E-state index contributed by atoms with van der Waals surface area (Å²) in [5.74, 6) is 0.207. The molecule has 0 aromatic heterocycles. The van der Waals surface area contributed by atoms with Gasteiger partial charge >= 0.3 is 0 Å². The maximum absolute atomic E-state index is 13.4. The minimum atomic E-state index is -0.471. The summed E-state index contributed by atoms with van der Waals surface area (Å²) in [4.78, 5) is 15.4. The lowest BCUT2D eigenvalue weighted by molar-refractivity contribution is -0.123. The lowest BCUT2D eigenvalue weighted by Crippen LogP contribution is -2.38. The molecule has 0 aliphatic carbocycles. The fraction of sp³-hybridized carbons (Fsp3) is 0.208. The molecule has 0 unspecified atom stereocenters. The topological polar surface area (TPSA) is 20.3 Å². The van der Waals surface area contributed by atoms with Crippen LogP contribution in [0.1, 0.15) is 30.0 Å². The number of carbonyl (C=O) groups is 1. The van der Waals surface area contributed by atoms with Gasteiger partial charge < -0.3 is 4.90 Å². The molecule has 26 heavy (non-hydrogen) atoms. The summed E-state index contributed by atoms with van der Waals surface area (Å²) < 4.78 is 0. The molecule has 1 atom stereocenters. The average Bonchev–Trinajstić information content (AvgIpc) is 2.91. The molecule has 0 saturated carbocycles. The van der Waals surface area contributed by atoms with E-state index in [9.17, 15) is 4.79 Å². The lowest BCUT2D eigenvalue weighted by atomic mass is 9.79. The second kappa shape index (κ2) is 6.80. The largest absolute Gasteiger partial charge is 0.307 e. The van der Waals surface area contributed by atoms with E-state index in [4.69, 9.17) is 0 Å². The van der Waals surface area contributed by atoms with Gasteiger partial charge in [-0.3, -0.25) is 4.79 Å². The van der Waals surface area contributed by atoms with Gasteiger partial charge in [0.05, 0.1) is 12.0 Å². The first-order valence-corrected chi connectivity index (χ1v) is 9.18. The first kappa shape index (κ1) is 16.6. The summed E-state index contributed by atoms with van der Waals surface area (Å²) in [7, 11) is 0. The predicted octanol–water partition coefficient (Wildman–Crippen LogP) is 5.12. The zero-order chi connectivity index (χ0) is 18.0. The van der Waals surface area contributed by atoms with Crippen LogP contribution in [0, 0.1) is 0 Å². The number of benzene rings is 3. The van der Waals surface area contributed by atoms with Crippen LogP contribution in [0.5, 0.6) is 0 Å². The third-order valence-corrected chi connectivity index (χ3v) is 5.45. The van der Waals surface area contributed by atoms with Crippen molar-refractivity contribution in [2.75, 3.05) is 4.90 Å². The molecule has 1 aliphatic rings. The van der Waals surface area contributed by atoms with Crippen LogP contribution >= 0.6 is 0 Å². The van der Waals surface area contributed by atoms with Crippen LogP contribution in [0.15, 0.2) is 84.9 Å². The minimum Gasteiger partial charge on any atom is -0.307 e. The number of para-hydroxylation sites is 1. The van der Waals surface area contributed by atoms with Crippen molar-refractivity contribution < 1.29 is 4.79 Å². The number of anilines is 1. The summed E-state index contributed by atoms with van der Waals surface area (Å²) in [6, 6.07) is 28.9. The highest BCUT2D eigenvalue weighted by Crippen LogP contribution is 2.44. The molecular weight excluding hydrogens is 318 g/mol. The summed E-state index contributed by atoms with van der Waals surface area (Å²) in [5.41, 5.74) is 4.17. The molecule has 2 nitrogen and oxygen atoms in total. The van der Waals surface area contributed by atoms with Gasteiger partial charge in [0.15, 0.2) is 0 Å². The molecule has 3 aromatic rings. The smallest absolute Gasteiger partial charge is 0.237 e. The molecule has 0 fully saturated rings. The van der Waals surface area contributed by atoms with Crippen LogP contribution in [0.25, 0.3) is 0 Å². The molecule has 1 amide bonds. The van der Waals surface area contributed by atoms with E-state index in [1.165, 1.54) is 5.56 Å². The van der Waals surface area contributed by atoms with Crippen LogP contribution in [0.2, 0.25) is 0 Å². The Bertz CT molecular complexity index is 904. The fourth-order valence-corrected chi connectivity index (χ4v) is 3.90. The van der Waals surface area contributed by atoms with E-state index in [1.807, 2.05) is 41.3 Å². The quantitative estimate of drug-likeness (QED) is 0.630. The Morgan fingerprint density at radius 3 is 2.04 bits per heavy atom.